The van der Waals surface area contributed by atoms with Gasteiger partial charge in [0.15, 0.2) is 5.11 Å². The Labute approximate surface area is 189 Å². The highest BCUT2D eigenvalue weighted by atomic mass is 32.1. The molecule has 0 saturated carbocycles. The Kier molecular flexibility index (Phi) is 7.21. The molecule has 1 amide bonds. The van der Waals surface area contributed by atoms with Crippen LogP contribution in [0.5, 0.6) is 5.75 Å². The van der Waals surface area contributed by atoms with Crippen LogP contribution in [0, 0.1) is 10.1 Å². The third-order valence-corrected chi connectivity index (χ3v) is 5.26. The number of hydrogen-bond acceptors (Lipinski definition) is 7. The van der Waals surface area contributed by atoms with Crippen LogP contribution in [0.4, 0.5) is 17.1 Å². The number of amides is 1. The summed E-state index contributed by atoms with van der Waals surface area (Å²) in [6.45, 7) is 1.47. The quantitative estimate of drug-likeness (QED) is 0.338. The normalized spacial score (nSPS) is 13.2. The first-order valence-corrected chi connectivity index (χ1v) is 10.3. The summed E-state index contributed by atoms with van der Waals surface area (Å²) in [5.41, 5.74) is 0.680. The van der Waals surface area contributed by atoms with Crippen molar-refractivity contribution in [2.45, 2.75) is 19.3 Å². The van der Waals surface area contributed by atoms with Crippen LogP contribution < -0.4 is 20.3 Å². The molecule has 32 heavy (non-hydrogen) atoms. The second-order valence-corrected chi connectivity index (χ2v) is 7.55. The van der Waals surface area contributed by atoms with Crippen LogP contribution in [0.15, 0.2) is 36.4 Å². The summed E-state index contributed by atoms with van der Waals surface area (Å²) in [6.07, 6.45) is 3.02. The van der Waals surface area contributed by atoms with E-state index in [0.717, 1.165) is 32.4 Å². The van der Waals surface area contributed by atoms with E-state index < -0.39 is 16.8 Å². The Hall–Kier alpha value is -3.73. The number of carbonyl (C=O) groups excluding carboxylic acids is 1. The number of anilines is 2. The topological polar surface area (TPSA) is 134 Å². The van der Waals surface area contributed by atoms with Crippen LogP contribution >= 0.6 is 12.2 Å². The molecule has 10 nitrogen and oxygen atoms in total. The van der Waals surface area contributed by atoms with Crippen LogP contribution in [0.3, 0.4) is 0 Å². The van der Waals surface area contributed by atoms with E-state index in [-0.39, 0.29) is 27.6 Å². The first kappa shape index (κ1) is 22.9. The fraction of sp³-hybridized carbons (Fsp3) is 0.286. The molecule has 11 heteroatoms. The SMILES string of the molecule is COc1ccc(C(=O)O)cc1NC(=S)NC(=O)c1ccc(N2CCCCC2)c([N+](=O)[O-])c1. The monoisotopic (exact) mass is 458 g/mol. The van der Waals surface area contributed by atoms with Gasteiger partial charge in [0.2, 0.25) is 0 Å². The Morgan fingerprint density at radius 1 is 1.12 bits per heavy atom. The largest absolute Gasteiger partial charge is 0.495 e. The summed E-state index contributed by atoms with van der Waals surface area (Å²) in [5.74, 6) is -1.44. The van der Waals surface area contributed by atoms with Gasteiger partial charge in [0, 0.05) is 24.7 Å². The highest BCUT2D eigenvalue weighted by Crippen LogP contribution is 2.31. The van der Waals surface area contributed by atoms with Gasteiger partial charge in [-0.15, -0.1) is 0 Å². The Balaban J connectivity index is 1.76. The first-order chi connectivity index (χ1) is 15.3. The van der Waals surface area contributed by atoms with E-state index >= 15 is 0 Å². The van der Waals surface area contributed by atoms with E-state index in [2.05, 4.69) is 10.6 Å². The number of nitrogens with one attached hydrogen (secondary N) is 2. The van der Waals surface area contributed by atoms with Gasteiger partial charge in [-0.1, -0.05) is 0 Å². The molecule has 1 saturated heterocycles. The molecule has 1 aliphatic rings. The van der Waals surface area contributed by atoms with Gasteiger partial charge >= 0.3 is 5.97 Å². The summed E-state index contributed by atoms with van der Waals surface area (Å²) >= 11 is 5.15. The van der Waals surface area contributed by atoms with E-state index in [4.69, 9.17) is 22.1 Å². The predicted octanol–water partition coefficient (Wildman–Crippen LogP) is 3.42. The average molecular weight is 458 g/mol. The minimum absolute atomic E-state index is 0.00588. The number of carbonyl (C=O) groups is 2. The smallest absolute Gasteiger partial charge is 0.335 e. The number of aromatic carboxylic acids is 1. The van der Waals surface area contributed by atoms with Crippen LogP contribution in [-0.4, -0.2) is 47.2 Å². The lowest BCUT2D eigenvalue weighted by atomic mass is 10.1. The van der Waals surface area contributed by atoms with Gasteiger partial charge in [0.1, 0.15) is 11.4 Å². The van der Waals surface area contributed by atoms with Crippen molar-refractivity contribution in [1.82, 2.24) is 5.32 Å². The molecule has 1 fully saturated rings. The first-order valence-electron chi connectivity index (χ1n) is 9.87. The second kappa shape index (κ2) is 10.1. The maximum absolute atomic E-state index is 12.6. The number of nitrogens with zero attached hydrogens (tertiary/aromatic N) is 2. The molecule has 0 unspecified atom stereocenters. The van der Waals surface area contributed by atoms with Gasteiger partial charge in [-0.2, -0.15) is 0 Å². The Morgan fingerprint density at radius 2 is 1.81 bits per heavy atom. The summed E-state index contributed by atoms with van der Waals surface area (Å²) in [7, 11) is 1.41. The maximum Gasteiger partial charge on any atom is 0.335 e. The summed E-state index contributed by atoms with van der Waals surface area (Å²) in [4.78, 5) is 36.9. The van der Waals surface area contributed by atoms with Crippen molar-refractivity contribution in [3.63, 3.8) is 0 Å². The minimum atomic E-state index is -1.13. The van der Waals surface area contributed by atoms with E-state index in [1.54, 1.807) is 6.07 Å². The number of nitro groups is 1. The molecule has 2 aromatic rings. The standard InChI is InChI=1S/C21H22N4O6S/c1-31-18-8-6-14(20(27)28)11-15(18)22-21(32)23-19(26)13-5-7-16(17(12-13)25(29)30)24-9-3-2-4-10-24/h5-8,11-12H,2-4,9-10H2,1H3,(H,27,28)(H2,22,23,26,32). The molecular formula is C21H22N4O6S. The number of rotatable bonds is 6. The van der Waals surface area contributed by atoms with Gasteiger partial charge in [-0.05, 0) is 61.8 Å². The molecule has 0 aliphatic carbocycles. The number of nitro benzene ring substituents is 1. The lowest BCUT2D eigenvalue weighted by Crippen LogP contribution is -2.34. The zero-order valence-corrected chi connectivity index (χ0v) is 18.1. The van der Waals surface area contributed by atoms with Crippen molar-refractivity contribution >= 4 is 46.3 Å². The fourth-order valence-corrected chi connectivity index (χ4v) is 3.68. The number of ether oxygens (including phenoxy) is 1. The molecule has 0 spiro atoms. The van der Waals surface area contributed by atoms with Crippen molar-refractivity contribution < 1.29 is 24.4 Å². The fourth-order valence-electron chi connectivity index (χ4n) is 3.48. The third-order valence-electron chi connectivity index (χ3n) is 5.05. The number of methoxy groups -OCH3 is 1. The molecule has 3 rings (SSSR count). The number of carboxylic acid groups (broad SMARTS) is 1. The van der Waals surface area contributed by atoms with E-state index in [1.165, 1.54) is 37.4 Å². The van der Waals surface area contributed by atoms with E-state index in [9.17, 15) is 19.7 Å². The summed E-state index contributed by atoms with van der Waals surface area (Å²) in [6, 6.07) is 8.47. The molecular weight excluding hydrogens is 436 g/mol. The number of hydrogen-bond donors (Lipinski definition) is 3. The maximum atomic E-state index is 12.6. The van der Waals surface area contributed by atoms with E-state index in [1.807, 2.05) is 4.90 Å². The van der Waals surface area contributed by atoms with Crippen molar-refractivity contribution in [2.24, 2.45) is 0 Å². The lowest BCUT2D eigenvalue weighted by molar-refractivity contribution is -0.384. The Morgan fingerprint density at radius 3 is 2.44 bits per heavy atom. The lowest BCUT2D eigenvalue weighted by Gasteiger charge is -2.28. The van der Waals surface area contributed by atoms with Crippen LogP contribution in [0.25, 0.3) is 0 Å². The zero-order chi connectivity index (χ0) is 23.3. The highest BCUT2D eigenvalue weighted by Gasteiger charge is 2.23. The average Bonchev–Trinajstić information content (AvgIpc) is 2.79. The molecule has 0 bridgehead atoms. The van der Waals surface area contributed by atoms with Crippen molar-refractivity contribution in [3.05, 3.63) is 57.6 Å². The molecule has 168 valence electrons. The number of piperidine rings is 1. The minimum Gasteiger partial charge on any atom is -0.495 e. The van der Waals surface area contributed by atoms with Gasteiger partial charge < -0.3 is 20.1 Å². The van der Waals surface area contributed by atoms with Gasteiger partial charge in [0.25, 0.3) is 11.6 Å². The molecule has 3 N–H and O–H groups in total. The molecule has 0 radical (unpaired) electrons. The van der Waals surface area contributed by atoms with Gasteiger partial charge in [-0.3, -0.25) is 20.2 Å². The number of benzene rings is 2. The summed E-state index contributed by atoms with van der Waals surface area (Å²) in [5, 5.41) is 25.8. The molecule has 0 atom stereocenters. The van der Waals surface area contributed by atoms with Crippen LogP contribution in [-0.2, 0) is 0 Å². The van der Waals surface area contributed by atoms with Crippen molar-refractivity contribution in [1.29, 1.82) is 0 Å². The molecule has 1 aliphatic heterocycles. The molecule has 0 aromatic heterocycles. The molecule has 1 heterocycles. The second-order valence-electron chi connectivity index (χ2n) is 7.14. The Bertz CT molecular complexity index is 1070. The zero-order valence-electron chi connectivity index (χ0n) is 17.3. The number of thiocarbonyl (C=S) groups is 1. The molecule has 2 aromatic carbocycles. The van der Waals surface area contributed by atoms with Gasteiger partial charge in [0.05, 0.1) is 23.3 Å². The summed E-state index contributed by atoms with van der Waals surface area (Å²) < 4.78 is 5.18. The van der Waals surface area contributed by atoms with Crippen molar-refractivity contribution in [2.75, 3.05) is 30.4 Å². The van der Waals surface area contributed by atoms with E-state index in [0.29, 0.717) is 11.4 Å². The van der Waals surface area contributed by atoms with Crippen molar-refractivity contribution in [3.8, 4) is 5.75 Å². The van der Waals surface area contributed by atoms with Crippen LogP contribution in [0.2, 0.25) is 0 Å². The van der Waals surface area contributed by atoms with Crippen LogP contribution in [0.1, 0.15) is 40.0 Å². The number of carboxylic acids is 1. The third kappa shape index (κ3) is 5.30. The van der Waals surface area contributed by atoms with Gasteiger partial charge in [-0.25, -0.2) is 4.79 Å². The predicted molar refractivity (Wildman–Crippen MR) is 123 cm³/mol. The highest BCUT2D eigenvalue weighted by molar-refractivity contribution is 7.80.